The molecule has 0 aliphatic carbocycles. The van der Waals surface area contributed by atoms with Gasteiger partial charge in [-0.05, 0) is 166 Å². The fraction of sp³-hybridized carbons (Fsp3) is 0.0377. The highest BCUT2D eigenvalue weighted by atomic mass is 16.5. The molecule has 0 spiro atoms. The van der Waals surface area contributed by atoms with Gasteiger partial charge in [0.1, 0.15) is 23.0 Å². The number of fused-ring (bicyclic) bond motifs is 12. The van der Waals surface area contributed by atoms with Gasteiger partial charge >= 0.3 is 0 Å². The fourth-order valence-electron chi connectivity index (χ4n) is 17.8. The number of aromatic nitrogens is 1. The van der Waals surface area contributed by atoms with Gasteiger partial charge in [0.15, 0.2) is 0 Å². The molecule has 1 aromatic heterocycles. The first kappa shape index (κ1) is 55.3. The van der Waals surface area contributed by atoms with Crippen LogP contribution in [0.25, 0.3) is 117 Å². The van der Waals surface area contributed by atoms with Crippen LogP contribution in [-0.2, 0) is 5.41 Å². The van der Waals surface area contributed by atoms with Crippen LogP contribution in [0.1, 0.15) is 41.4 Å². The highest BCUT2D eigenvalue weighted by Crippen LogP contribution is 2.56. The van der Waals surface area contributed by atoms with Crippen LogP contribution in [0.4, 0.5) is 34.1 Å². The predicted molar refractivity (Wildman–Crippen MR) is 475 cm³/mol. The van der Waals surface area contributed by atoms with Crippen LogP contribution in [0.2, 0.25) is 0 Å². The Hall–Kier alpha value is -14.1. The van der Waals surface area contributed by atoms with E-state index in [-0.39, 0.29) is 50.7 Å². The van der Waals surface area contributed by atoms with Crippen LogP contribution in [0.5, 0.6) is 23.0 Å². The van der Waals surface area contributed by atoms with Crippen molar-refractivity contribution in [2.45, 2.75) is 26.2 Å². The minimum absolute atomic E-state index is 0.125. The molecule has 0 fully saturated rings. The van der Waals surface area contributed by atoms with Gasteiger partial charge in [-0.15, -0.1) is 0 Å². The van der Waals surface area contributed by atoms with E-state index in [1.807, 2.05) is 78.9 Å². The maximum atomic E-state index is 11.9. The van der Waals surface area contributed by atoms with Crippen molar-refractivity contribution in [3.63, 3.8) is 0 Å². The number of hydrogen-bond acceptors (Lipinski definition) is 4. The fourth-order valence-corrected chi connectivity index (χ4v) is 17.8. The molecule has 5 heterocycles. The zero-order valence-electron chi connectivity index (χ0n) is 72.9. The Kier molecular flexibility index (Phi) is 12.9. The second-order valence-electron chi connectivity index (χ2n) is 30.5. The molecule has 22 rings (SSSR count). The summed E-state index contributed by atoms with van der Waals surface area (Å²) in [5.74, 6) is 2.14. The van der Waals surface area contributed by atoms with E-state index in [1.54, 1.807) is 0 Å². The molecule has 5 nitrogen and oxygen atoms in total. The van der Waals surface area contributed by atoms with E-state index in [0.29, 0.717) is 62.1 Å². The molecule has 113 heavy (non-hydrogen) atoms. The number of hydrogen-bond donors (Lipinski definition) is 0. The summed E-state index contributed by atoms with van der Waals surface area (Å²) in [5.41, 5.74) is 21.5. The number of para-hydroxylation sites is 4. The van der Waals surface area contributed by atoms with Crippen molar-refractivity contribution in [1.82, 2.24) is 4.57 Å². The number of rotatable bonds is 11. The minimum atomic E-state index is -1.15. The van der Waals surface area contributed by atoms with E-state index >= 15 is 0 Å². The van der Waals surface area contributed by atoms with Gasteiger partial charge in [0.05, 0.1) is 37.5 Å². The lowest BCUT2D eigenvalue weighted by atomic mass is 9.30. The van der Waals surface area contributed by atoms with E-state index in [1.165, 1.54) is 4.57 Å². The van der Waals surface area contributed by atoms with Gasteiger partial charge < -0.3 is 23.8 Å². The van der Waals surface area contributed by atoms with E-state index in [2.05, 4.69) is 273 Å². The van der Waals surface area contributed by atoms with E-state index in [0.717, 1.165) is 111 Å². The van der Waals surface area contributed by atoms with E-state index < -0.39 is 73.2 Å². The van der Waals surface area contributed by atoms with Crippen LogP contribution in [0.3, 0.4) is 0 Å². The third-order valence-corrected chi connectivity index (χ3v) is 23.0. The molecule has 0 amide bonds. The molecule has 0 N–H and O–H groups in total. The van der Waals surface area contributed by atoms with Gasteiger partial charge in [-0.1, -0.05) is 342 Å². The normalized spacial score (nSPS) is 14.2. The summed E-state index contributed by atoms with van der Waals surface area (Å²) in [4.78, 5) is 4.48. The van der Waals surface area contributed by atoms with Crippen molar-refractivity contribution in [2.75, 3.05) is 9.80 Å². The van der Waals surface area contributed by atoms with Gasteiger partial charge in [0, 0.05) is 73.0 Å². The number of benzene rings is 17. The number of nitrogens with zero attached hydrogens (tertiary/aromatic N) is 3. The molecule has 0 saturated carbocycles. The molecule has 0 unspecified atom stereocenters. The molecule has 0 radical (unpaired) electrons. The van der Waals surface area contributed by atoms with Crippen LogP contribution < -0.4 is 52.1 Å². The van der Waals surface area contributed by atoms with Crippen molar-refractivity contribution in [2.24, 2.45) is 0 Å². The maximum Gasteiger partial charge on any atom is 0.260 e. The first-order valence-corrected chi connectivity index (χ1v) is 38.4. The van der Waals surface area contributed by atoms with Gasteiger partial charge in [-0.25, -0.2) is 0 Å². The standard InChI is InChI=1S/C106H73B2N3O2/c1-106(2,3)80-64-94-100-95(65-80)111(104-84(72-38-18-8-19-39-72)50-29-51-85(104)73-40-20-9-21-41-73)96-67-99-102-105(113-98-63-79(77-45-27-43-75(61-77)69-32-12-5-13-33-69)55-58-90(98)107(102)89-57-54-78(62-97(89)112-99)76-44-26-42-74(60-76)68-30-10-4-11-31-68)101(96)108(100)88-59-56-81(109-91-52-24-22-46-86(91)87-47-23-25-53-92(87)109)66-93(88)110(94)103-82(70-34-14-6-15-35-70)48-28-49-83(103)71-36-16-7-17-37-71/h4-67H,1-3H3/i22D,23D,24D,25D,46D,47D,52D,53D,56D,59D,66D. The van der Waals surface area contributed by atoms with Gasteiger partial charge in [0.2, 0.25) is 0 Å². The van der Waals surface area contributed by atoms with Crippen molar-refractivity contribution in [3.05, 3.63) is 394 Å². The van der Waals surface area contributed by atoms with Crippen LogP contribution >= 0.6 is 0 Å². The number of ether oxygens (including phenoxy) is 2. The predicted octanol–water partition coefficient (Wildman–Crippen LogP) is 24.2. The molecule has 7 heteroatoms. The van der Waals surface area contributed by atoms with Gasteiger partial charge in [-0.3, -0.25) is 0 Å². The molecular weight excluding hydrogens is 1370 g/mol. The molecule has 0 atom stereocenters. The topological polar surface area (TPSA) is 29.9 Å². The summed E-state index contributed by atoms with van der Waals surface area (Å²) in [5, 5.41) is -0.462. The zero-order valence-corrected chi connectivity index (χ0v) is 61.9. The van der Waals surface area contributed by atoms with Crippen molar-refractivity contribution in [3.8, 4) is 118 Å². The Balaban J connectivity index is 0.926. The summed E-state index contributed by atoms with van der Waals surface area (Å²) < 4.78 is 128. The number of anilines is 6. The Morgan fingerprint density at radius 2 is 0.673 bits per heavy atom. The van der Waals surface area contributed by atoms with Crippen LogP contribution in [-0.4, -0.2) is 18.0 Å². The Bertz CT molecular complexity index is 7360. The smallest absolute Gasteiger partial charge is 0.260 e. The second kappa shape index (κ2) is 26.3. The minimum Gasteiger partial charge on any atom is -0.459 e. The third kappa shape index (κ3) is 10.8. The van der Waals surface area contributed by atoms with Gasteiger partial charge in [-0.2, -0.15) is 0 Å². The summed E-state index contributed by atoms with van der Waals surface area (Å²) in [6.07, 6.45) is 0. The molecule has 530 valence electrons. The Morgan fingerprint density at radius 1 is 0.292 bits per heavy atom. The van der Waals surface area contributed by atoms with Crippen LogP contribution in [0.15, 0.2) is 388 Å². The molecule has 0 bridgehead atoms. The van der Waals surface area contributed by atoms with Crippen molar-refractivity contribution >= 4 is 102 Å². The average Bonchev–Trinajstić information content (AvgIpc) is 0.893. The Labute approximate surface area is 674 Å². The Morgan fingerprint density at radius 3 is 1.12 bits per heavy atom. The summed E-state index contributed by atoms with van der Waals surface area (Å²) in [7, 11) is 0. The zero-order chi connectivity index (χ0) is 84.6. The summed E-state index contributed by atoms with van der Waals surface area (Å²) in [6, 6.07) is 105. The lowest BCUT2D eigenvalue weighted by molar-refractivity contribution is 0.467. The SMILES string of the molecule is [2H]c1c([2H])c(-n2c3c([2H])c([2H])c([2H])c([2H])c3c3c([2H])c([2H])c([2H])c([2H])c32)c([2H])c2c1B1c3c(cc(C(C)(C)C)cc3N2c2c(-c3ccccc3)cccc2-c2ccccc2)N(c2c(-c3ccccc3)cccc2-c2ccccc2)c2cc3c4c(c21)Oc1cc(-c2cccc(-c5ccccc5)c2)ccc1B4c1ccc(-c2cccc(-c4ccccc4)c2)cc1O3. The van der Waals surface area contributed by atoms with Crippen molar-refractivity contribution in [1.29, 1.82) is 0 Å². The lowest BCUT2D eigenvalue weighted by Gasteiger charge is -2.47. The molecule has 0 saturated heterocycles. The molecular formula is C106H73B2N3O2. The largest absolute Gasteiger partial charge is 0.459 e. The van der Waals surface area contributed by atoms with E-state index in [4.69, 9.17) is 9.47 Å². The molecule has 4 aliphatic heterocycles. The quantitative estimate of drug-likeness (QED) is 0.121. The highest BCUT2D eigenvalue weighted by molar-refractivity contribution is 7.03. The average molecular weight is 1450 g/mol. The van der Waals surface area contributed by atoms with E-state index in [9.17, 15) is 15.1 Å². The molecule has 17 aromatic carbocycles. The summed E-state index contributed by atoms with van der Waals surface area (Å²) >= 11 is 0. The third-order valence-electron chi connectivity index (χ3n) is 23.0. The molecule has 4 aliphatic rings. The van der Waals surface area contributed by atoms with Gasteiger partial charge in [0.25, 0.3) is 13.4 Å². The van der Waals surface area contributed by atoms with Crippen LogP contribution in [0, 0.1) is 0 Å². The maximum absolute atomic E-state index is 11.9. The highest BCUT2D eigenvalue weighted by Gasteiger charge is 2.52. The first-order chi connectivity index (χ1) is 60.3. The monoisotopic (exact) mass is 1450 g/mol. The van der Waals surface area contributed by atoms with Crippen molar-refractivity contribution < 1.29 is 24.6 Å². The second-order valence-corrected chi connectivity index (χ2v) is 30.5. The molecule has 18 aromatic rings. The summed E-state index contributed by atoms with van der Waals surface area (Å²) in [6.45, 7) is 4.83. The first-order valence-electron chi connectivity index (χ1n) is 43.9. The lowest BCUT2D eigenvalue weighted by Crippen LogP contribution is -2.65.